The quantitative estimate of drug-likeness (QED) is 0.659. The van der Waals surface area contributed by atoms with Gasteiger partial charge in [-0.15, -0.1) is 0 Å². The van der Waals surface area contributed by atoms with Crippen LogP contribution in [0, 0.1) is 0 Å². The zero-order valence-corrected chi connectivity index (χ0v) is 11.6. The zero-order valence-electron chi connectivity index (χ0n) is 11.6. The number of rotatable bonds is 5. The molecule has 0 aliphatic rings. The van der Waals surface area contributed by atoms with Gasteiger partial charge in [-0.2, -0.15) is 9.97 Å². The van der Waals surface area contributed by atoms with Gasteiger partial charge < -0.3 is 20.8 Å². The topological polar surface area (TPSA) is 102 Å². The molecule has 108 valence electrons. The predicted molar refractivity (Wildman–Crippen MR) is 80.6 cm³/mol. The van der Waals surface area contributed by atoms with Crippen molar-refractivity contribution in [2.75, 3.05) is 18.2 Å². The normalized spacial score (nSPS) is 10.9. The number of nitrogens with zero attached hydrogens (tertiary/aromatic N) is 3. The Morgan fingerprint density at radius 2 is 2.05 bits per heavy atom. The van der Waals surface area contributed by atoms with Crippen LogP contribution in [0.2, 0.25) is 0 Å². The maximum absolute atomic E-state index is 5.69. The van der Waals surface area contributed by atoms with Crippen LogP contribution in [-0.2, 0) is 17.9 Å². The number of nitrogen functional groups attached to an aromatic ring is 1. The van der Waals surface area contributed by atoms with Crippen LogP contribution in [0.5, 0.6) is 0 Å². The van der Waals surface area contributed by atoms with Gasteiger partial charge >= 0.3 is 0 Å². The molecule has 0 unspecified atom stereocenters. The van der Waals surface area contributed by atoms with Crippen molar-refractivity contribution in [1.82, 2.24) is 19.9 Å². The Morgan fingerprint density at radius 1 is 1.24 bits per heavy atom. The Balaban J connectivity index is 1.85. The minimum absolute atomic E-state index is 0.197. The molecule has 0 fully saturated rings. The summed E-state index contributed by atoms with van der Waals surface area (Å²) in [6.07, 6.45) is 1.57. The summed E-state index contributed by atoms with van der Waals surface area (Å²) in [4.78, 5) is 15.4. The fourth-order valence-corrected chi connectivity index (χ4v) is 2.18. The summed E-state index contributed by atoms with van der Waals surface area (Å²) in [6, 6.07) is 8.08. The van der Waals surface area contributed by atoms with E-state index in [1.165, 1.54) is 0 Å². The van der Waals surface area contributed by atoms with Gasteiger partial charge in [0.2, 0.25) is 5.95 Å². The third-order valence-electron chi connectivity index (χ3n) is 3.17. The molecule has 0 bridgehead atoms. The standard InChI is InChI=1S/C14H16N6O/c1-21-7-10-5-3-2-4-9(10)6-16-12-11-13(18-8-17-11)20-14(15)19-12/h2-5,8H,6-7H2,1H3,(H4,15,16,17,18,19,20). The van der Waals surface area contributed by atoms with E-state index >= 15 is 0 Å². The van der Waals surface area contributed by atoms with Crippen molar-refractivity contribution in [3.05, 3.63) is 41.7 Å². The minimum Gasteiger partial charge on any atom is -0.380 e. The second-order valence-corrected chi connectivity index (χ2v) is 4.59. The summed E-state index contributed by atoms with van der Waals surface area (Å²) in [5.41, 5.74) is 9.27. The van der Waals surface area contributed by atoms with Crippen LogP contribution in [0.1, 0.15) is 11.1 Å². The number of H-pyrrole nitrogens is 1. The Labute approximate surface area is 121 Å². The molecule has 21 heavy (non-hydrogen) atoms. The van der Waals surface area contributed by atoms with Gasteiger partial charge in [0.15, 0.2) is 11.5 Å². The molecule has 0 saturated carbocycles. The van der Waals surface area contributed by atoms with E-state index in [1.54, 1.807) is 13.4 Å². The number of imidazole rings is 1. The van der Waals surface area contributed by atoms with Gasteiger partial charge in [0.25, 0.3) is 0 Å². The van der Waals surface area contributed by atoms with Gasteiger partial charge in [-0.05, 0) is 11.1 Å². The second kappa shape index (κ2) is 5.76. The number of nitrogens with one attached hydrogen (secondary N) is 2. The lowest BCUT2D eigenvalue weighted by Gasteiger charge is -2.11. The molecule has 1 aromatic carbocycles. The number of hydrogen-bond donors (Lipinski definition) is 3. The van der Waals surface area contributed by atoms with Crippen molar-refractivity contribution < 1.29 is 4.74 Å². The Hall–Kier alpha value is -2.67. The smallest absolute Gasteiger partial charge is 0.224 e. The predicted octanol–water partition coefficient (Wildman–Crippen LogP) is 1.69. The molecule has 2 heterocycles. The number of benzene rings is 1. The molecule has 7 heteroatoms. The molecule has 7 nitrogen and oxygen atoms in total. The summed E-state index contributed by atoms with van der Waals surface area (Å²) in [7, 11) is 1.68. The van der Waals surface area contributed by atoms with Gasteiger partial charge in [-0.25, -0.2) is 4.98 Å². The molecule has 2 aromatic heterocycles. The number of hydrogen-bond acceptors (Lipinski definition) is 6. The molecule has 3 aromatic rings. The highest BCUT2D eigenvalue weighted by Gasteiger charge is 2.09. The molecule has 0 amide bonds. The van der Waals surface area contributed by atoms with Crippen molar-refractivity contribution in [2.24, 2.45) is 0 Å². The van der Waals surface area contributed by atoms with Crippen LogP contribution in [0.15, 0.2) is 30.6 Å². The zero-order chi connectivity index (χ0) is 14.7. The Kier molecular flexibility index (Phi) is 3.65. The molecule has 4 N–H and O–H groups in total. The molecule has 0 aliphatic heterocycles. The van der Waals surface area contributed by atoms with E-state index in [1.807, 2.05) is 18.2 Å². The first-order valence-electron chi connectivity index (χ1n) is 6.54. The van der Waals surface area contributed by atoms with Crippen LogP contribution in [0.3, 0.4) is 0 Å². The van der Waals surface area contributed by atoms with Gasteiger partial charge in [-0.1, -0.05) is 24.3 Å². The van der Waals surface area contributed by atoms with Crippen molar-refractivity contribution in [1.29, 1.82) is 0 Å². The number of fused-ring (bicyclic) bond motifs is 1. The lowest BCUT2D eigenvalue weighted by Crippen LogP contribution is -2.07. The van der Waals surface area contributed by atoms with Crippen molar-refractivity contribution in [3.8, 4) is 0 Å². The third kappa shape index (κ3) is 2.77. The number of ether oxygens (including phenoxy) is 1. The van der Waals surface area contributed by atoms with Gasteiger partial charge in [0.1, 0.15) is 5.52 Å². The fourth-order valence-electron chi connectivity index (χ4n) is 2.18. The summed E-state index contributed by atoms with van der Waals surface area (Å²) in [5, 5.41) is 3.27. The molecule has 0 spiro atoms. The largest absolute Gasteiger partial charge is 0.380 e. The first-order valence-corrected chi connectivity index (χ1v) is 6.54. The maximum atomic E-state index is 5.69. The van der Waals surface area contributed by atoms with E-state index < -0.39 is 0 Å². The highest BCUT2D eigenvalue weighted by Crippen LogP contribution is 2.19. The number of methoxy groups -OCH3 is 1. The monoisotopic (exact) mass is 284 g/mol. The Morgan fingerprint density at radius 3 is 2.86 bits per heavy atom. The van der Waals surface area contributed by atoms with Gasteiger partial charge in [-0.3, -0.25) is 0 Å². The number of anilines is 2. The molecule has 3 rings (SSSR count). The SMILES string of the molecule is COCc1ccccc1CNc1nc(N)nc2nc[nH]c12. The molecule has 0 radical (unpaired) electrons. The summed E-state index contributed by atoms with van der Waals surface area (Å²) in [6.45, 7) is 1.19. The van der Waals surface area contributed by atoms with Crippen LogP contribution in [0.4, 0.5) is 11.8 Å². The average molecular weight is 284 g/mol. The lowest BCUT2D eigenvalue weighted by molar-refractivity contribution is 0.184. The molecular formula is C14H16N6O. The number of aromatic amines is 1. The van der Waals surface area contributed by atoms with E-state index in [9.17, 15) is 0 Å². The highest BCUT2D eigenvalue weighted by molar-refractivity contribution is 5.83. The van der Waals surface area contributed by atoms with E-state index in [0.29, 0.717) is 24.6 Å². The third-order valence-corrected chi connectivity index (χ3v) is 3.17. The van der Waals surface area contributed by atoms with Crippen LogP contribution < -0.4 is 11.1 Å². The van der Waals surface area contributed by atoms with Crippen molar-refractivity contribution >= 4 is 22.9 Å². The second-order valence-electron chi connectivity index (χ2n) is 4.59. The molecule has 0 saturated heterocycles. The molecule has 0 aliphatic carbocycles. The van der Waals surface area contributed by atoms with E-state index in [0.717, 1.165) is 16.6 Å². The number of aromatic nitrogens is 4. The minimum atomic E-state index is 0.197. The Bertz CT molecular complexity index is 754. The van der Waals surface area contributed by atoms with E-state index in [-0.39, 0.29) is 5.95 Å². The van der Waals surface area contributed by atoms with Crippen LogP contribution in [-0.4, -0.2) is 27.0 Å². The van der Waals surface area contributed by atoms with Crippen LogP contribution in [0.25, 0.3) is 11.2 Å². The number of nitrogens with two attached hydrogens (primary N) is 1. The van der Waals surface area contributed by atoms with E-state index in [4.69, 9.17) is 10.5 Å². The summed E-state index contributed by atoms with van der Waals surface area (Å²) >= 11 is 0. The van der Waals surface area contributed by atoms with Crippen molar-refractivity contribution in [2.45, 2.75) is 13.2 Å². The maximum Gasteiger partial charge on any atom is 0.224 e. The summed E-state index contributed by atoms with van der Waals surface area (Å²) in [5.74, 6) is 0.837. The average Bonchev–Trinajstić information content (AvgIpc) is 2.94. The molecule has 0 atom stereocenters. The lowest BCUT2D eigenvalue weighted by atomic mass is 10.1. The van der Waals surface area contributed by atoms with Crippen LogP contribution >= 0.6 is 0 Å². The molecular weight excluding hydrogens is 268 g/mol. The fraction of sp³-hybridized carbons (Fsp3) is 0.214. The summed E-state index contributed by atoms with van der Waals surface area (Å²) < 4.78 is 5.21. The van der Waals surface area contributed by atoms with Gasteiger partial charge in [0, 0.05) is 13.7 Å². The first kappa shape index (κ1) is 13.3. The van der Waals surface area contributed by atoms with Crippen molar-refractivity contribution in [3.63, 3.8) is 0 Å². The first-order chi connectivity index (χ1) is 10.3. The highest BCUT2D eigenvalue weighted by atomic mass is 16.5. The van der Waals surface area contributed by atoms with Gasteiger partial charge in [0.05, 0.1) is 12.9 Å². The van der Waals surface area contributed by atoms with E-state index in [2.05, 4.69) is 31.3 Å².